The SMILES string of the molecule is Cc1ncccc1O[C@H]1CCN(C(=O)/C(C#N)=C/C(C)C)CC[C@@H]1O. The smallest absolute Gasteiger partial charge is 0.264 e. The maximum atomic E-state index is 12.5. The van der Waals surface area contributed by atoms with Gasteiger partial charge in [0.15, 0.2) is 0 Å². The van der Waals surface area contributed by atoms with E-state index in [1.807, 2.05) is 32.9 Å². The van der Waals surface area contributed by atoms with Crippen LogP contribution in [0, 0.1) is 24.2 Å². The van der Waals surface area contributed by atoms with Gasteiger partial charge in [-0.15, -0.1) is 0 Å². The Hall–Kier alpha value is -2.39. The number of aliphatic hydroxyl groups is 1. The molecule has 1 aromatic heterocycles. The van der Waals surface area contributed by atoms with Crippen molar-refractivity contribution in [2.24, 2.45) is 5.92 Å². The molecule has 1 amide bonds. The van der Waals surface area contributed by atoms with E-state index in [2.05, 4.69) is 4.98 Å². The van der Waals surface area contributed by atoms with Crippen molar-refractivity contribution < 1.29 is 14.6 Å². The minimum Gasteiger partial charge on any atom is -0.486 e. The monoisotopic (exact) mass is 343 g/mol. The van der Waals surface area contributed by atoms with Crippen LogP contribution in [0.2, 0.25) is 0 Å². The van der Waals surface area contributed by atoms with Gasteiger partial charge in [0, 0.05) is 25.7 Å². The Balaban J connectivity index is 2.06. The first-order valence-corrected chi connectivity index (χ1v) is 8.60. The van der Waals surface area contributed by atoms with Crippen LogP contribution in [-0.2, 0) is 4.79 Å². The molecule has 0 aliphatic carbocycles. The second kappa shape index (κ2) is 8.63. The lowest BCUT2D eigenvalue weighted by Gasteiger charge is -2.22. The molecule has 1 aliphatic heterocycles. The van der Waals surface area contributed by atoms with Gasteiger partial charge in [0.2, 0.25) is 0 Å². The summed E-state index contributed by atoms with van der Waals surface area (Å²) in [6.07, 6.45) is 3.21. The molecular formula is C19H25N3O3. The lowest BCUT2D eigenvalue weighted by molar-refractivity contribution is -0.126. The summed E-state index contributed by atoms with van der Waals surface area (Å²) in [5.41, 5.74) is 0.922. The van der Waals surface area contributed by atoms with Gasteiger partial charge in [-0.25, -0.2) is 0 Å². The standard InChI is InChI=1S/C19H25N3O3/c1-13(2)11-15(12-20)19(24)22-9-6-16(23)18(7-10-22)25-17-5-4-8-21-14(17)3/h4-5,8,11,13,16,18,23H,6-7,9-10H2,1-3H3/b15-11+/t16-,18-/m0/s1. The molecule has 2 rings (SSSR count). The normalized spacial score (nSPS) is 21.6. The van der Waals surface area contributed by atoms with Crippen molar-refractivity contribution >= 4 is 5.91 Å². The van der Waals surface area contributed by atoms with Gasteiger partial charge in [-0.2, -0.15) is 5.26 Å². The quantitative estimate of drug-likeness (QED) is 0.669. The number of hydrogen-bond acceptors (Lipinski definition) is 5. The number of likely N-dealkylation sites (tertiary alicyclic amines) is 1. The fraction of sp³-hybridized carbons (Fsp3) is 0.526. The third kappa shape index (κ3) is 5.04. The largest absolute Gasteiger partial charge is 0.486 e. The Morgan fingerprint density at radius 2 is 2.20 bits per heavy atom. The maximum absolute atomic E-state index is 12.5. The van der Waals surface area contributed by atoms with Gasteiger partial charge in [-0.1, -0.05) is 19.9 Å². The van der Waals surface area contributed by atoms with Gasteiger partial charge in [-0.05, 0) is 31.4 Å². The molecule has 0 bridgehead atoms. The second-order valence-electron chi connectivity index (χ2n) is 6.62. The second-order valence-corrected chi connectivity index (χ2v) is 6.62. The minimum atomic E-state index is -0.669. The number of carbonyl (C=O) groups excluding carboxylic acids is 1. The number of allylic oxidation sites excluding steroid dienone is 1. The summed E-state index contributed by atoms with van der Waals surface area (Å²) in [4.78, 5) is 18.4. The highest BCUT2D eigenvalue weighted by Gasteiger charge is 2.29. The molecule has 6 heteroatoms. The number of pyridine rings is 1. The minimum absolute atomic E-state index is 0.126. The van der Waals surface area contributed by atoms with Crippen LogP contribution in [0.5, 0.6) is 5.75 Å². The van der Waals surface area contributed by atoms with Gasteiger partial charge in [0.05, 0.1) is 11.8 Å². The number of carbonyl (C=O) groups is 1. The Labute approximate surface area is 148 Å². The van der Waals surface area contributed by atoms with Crippen molar-refractivity contribution in [3.05, 3.63) is 35.7 Å². The van der Waals surface area contributed by atoms with Crippen LogP contribution in [0.25, 0.3) is 0 Å². The van der Waals surface area contributed by atoms with Crippen LogP contribution < -0.4 is 4.74 Å². The molecule has 1 fully saturated rings. The third-order valence-corrected chi connectivity index (χ3v) is 4.18. The van der Waals surface area contributed by atoms with Gasteiger partial charge < -0.3 is 14.7 Å². The molecule has 0 unspecified atom stereocenters. The number of nitrogens with zero attached hydrogens (tertiary/aromatic N) is 3. The van der Waals surface area contributed by atoms with Crippen LogP contribution >= 0.6 is 0 Å². The Morgan fingerprint density at radius 3 is 2.84 bits per heavy atom. The number of aryl methyl sites for hydroxylation is 1. The summed E-state index contributed by atoms with van der Waals surface area (Å²) in [7, 11) is 0. The van der Waals surface area contributed by atoms with Gasteiger partial charge in [0.25, 0.3) is 5.91 Å². The van der Waals surface area contributed by atoms with Crippen LogP contribution in [0.4, 0.5) is 0 Å². The molecular weight excluding hydrogens is 318 g/mol. The summed E-state index contributed by atoms with van der Waals surface area (Å²) in [6.45, 7) is 6.55. The number of amides is 1. The van der Waals surface area contributed by atoms with E-state index in [0.29, 0.717) is 31.7 Å². The van der Waals surface area contributed by atoms with Crippen molar-refractivity contribution in [1.29, 1.82) is 5.26 Å². The van der Waals surface area contributed by atoms with E-state index in [4.69, 9.17) is 4.74 Å². The van der Waals surface area contributed by atoms with Crippen LogP contribution in [0.1, 0.15) is 32.4 Å². The first kappa shape index (κ1) is 18.9. The van der Waals surface area contributed by atoms with Crippen molar-refractivity contribution in [3.63, 3.8) is 0 Å². The van der Waals surface area contributed by atoms with Crippen molar-refractivity contribution in [3.8, 4) is 11.8 Å². The molecule has 0 radical (unpaired) electrons. The fourth-order valence-corrected chi connectivity index (χ4v) is 2.82. The molecule has 6 nitrogen and oxygen atoms in total. The molecule has 1 aliphatic rings. The molecule has 1 saturated heterocycles. The number of aliphatic hydroxyl groups excluding tert-OH is 1. The molecule has 1 aromatic rings. The summed E-state index contributed by atoms with van der Waals surface area (Å²) in [5, 5.41) is 19.6. The number of ether oxygens (including phenoxy) is 1. The van der Waals surface area contributed by atoms with Crippen LogP contribution in [0.15, 0.2) is 30.0 Å². The van der Waals surface area contributed by atoms with E-state index in [-0.39, 0.29) is 17.4 Å². The van der Waals surface area contributed by atoms with E-state index in [0.717, 1.165) is 5.69 Å². The zero-order valence-corrected chi connectivity index (χ0v) is 15.0. The topological polar surface area (TPSA) is 86.5 Å². The van der Waals surface area contributed by atoms with Crippen LogP contribution in [-0.4, -0.2) is 46.2 Å². The summed E-state index contributed by atoms with van der Waals surface area (Å²) >= 11 is 0. The first-order valence-electron chi connectivity index (χ1n) is 8.60. The molecule has 25 heavy (non-hydrogen) atoms. The Morgan fingerprint density at radius 1 is 1.48 bits per heavy atom. The average Bonchev–Trinajstić information content (AvgIpc) is 2.76. The number of nitriles is 1. The molecule has 134 valence electrons. The van der Waals surface area contributed by atoms with E-state index in [1.54, 1.807) is 23.2 Å². The fourth-order valence-electron chi connectivity index (χ4n) is 2.82. The predicted molar refractivity (Wildman–Crippen MR) is 93.7 cm³/mol. The molecule has 0 spiro atoms. The highest BCUT2D eigenvalue weighted by molar-refractivity contribution is 5.97. The number of hydrogen-bond donors (Lipinski definition) is 1. The molecule has 0 saturated carbocycles. The van der Waals surface area contributed by atoms with Crippen molar-refractivity contribution in [2.75, 3.05) is 13.1 Å². The Bertz CT molecular complexity index is 679. The van der Waals surface area contributed by atoms with E-state index in [9.17, 15) is 15.2 Å². The summed E-state index contributed by atoms with van der Waals surface area (Å²) < 4.78 is 5.93. The van der Waals surface area contributed by atoms with Crippen molar-refractivity contribution in [1.82, 2.24) is 9.88 Å². The number of rotatable bonds is 4. The average molecular weight is 343 g/mol. The van der Waals surface area contributed by atoms with Gasteiger partial charge in [-0.3, -0.25) is 9.78 Å². The third-order valence-electron chi connectivity index (χ3n) is 4.18. The van der Waals surface area contributed by atoms with Crippen molar-refractivity contribution in [2.45, 2.75) is 45.8 Å². The first-order chi connectivity index (χ1) is 11.9. The molecule has 2 heterocycles. The molecule has 2 atom stereocenters. The highest BCUT2D eigenvalue weighted by Crippen LogP contribution is 2.22. The van der Waals surface area contributed by atoms with E-state index >= 15 is 0 Å². The maximum Gasteiger partial charge on any atom is 0.264 e. The predicted octanol–water partition coefficient (Wildman–Crippen LogP) is 2.23. The highest BCUT2D eigenvalue weighted by atomic mass is 16.5. The van der Waals surface area contributed by atoms with Crippen LogP contribution in [0.3, 0.4) is 0 Å². The zero-order valence-electron chi connectivity index (χ0n) is 15.0. The molecule has 0 aromatic carbocycles. The lowest BCUT2D eigenvalue weighted by Crippen LogP contribution is -2.33. The zero-order chi connectivity index (χ0) is 18.4. The van der Waals surface area contributed by atoms with Gasteiger partial charge >= 0.3 is 0 Å². The van der Waals surface area contributed by atoms with Gasteiger partial charge in [0.1, 0.15) is 23.5 Å². The summed E-state index contributed by atoms with van der Waals surface area (Å²) in [5.74, 6) is 0.492. The molecule has 1 N–H and O–H groups in total. The number of aromatic nitrogens is 1. The lowest BCUT2D eigenvalue weighted by atomic mass is 10.1. The van der Waals surface area contributed by atoms with E-state index in [1.165, 1.54) is 0 Å². The van der Waals surface area contributed by atoms with E-state index < -0.39 is 12.2 Å². The summed E-state index contributed by atoms with van der Waals surface area (Å²) in [6, 6.07) is 5.60. The Kier molecular flexibility index (Phi) is 6.54.